The van der Waals surface area contributed by atoms with Crippen LogP contribution in [-0.2, 0) is 14.0 Å². The highest BCUT2D eigenvalue weighted by Crippen LogP contribution is 2.40. The van der Waals surface area contributed by atoms with E-state index in [1.807, 2.05) is 45.0 Å². The van der Waals surface area contributed by atoms with Gasteiger partial charge in [-0.25, -0.2) is 9.69 Å². The molecule has 1 fully saturated rings. The van der Waals surface area contributed by atoms with Crippen LogP contribution in [0.3, 0.4) is 0 Å². The molecule has 3 aromatic carbocycles. The van der Waals surface area contributed by atoms with E-state index in [1.54, 1.807) is 0 Å². The van der Waals surface area contributed by atoms with Crippen molar-refractivity contribution in [3.05, 3.63) is 90.5 Å². The monoisotopic (exact) mass is 673 g/mol. The van der Waals surface area contributed by atoms with Gasteiger partial charge < -0.3 is 13.6 Å². The number of imide groups is 1. The van der Waals surface area contributed by atoms with Crippen molar-refractivity contribution in [3.63, 3.8) is 0 Å². The summed E-state index contributed by atoms with van der Waals surface area (Å²) in [6.07, 6.45) is 0.179. The number of hydrogen-bond acceptors (Lipinski definition) is 5. The number of carbonyl (C=O) groups excluding carboxylic acids is 2. The summed E-state index contributed by atoms with van der Waals surface area (Å²) in [4.78, 5) is 28.9. The third-order valence-corrected chi connectivity index (χ3v) is 19.0. The summed E-state index contributed by atoms with van der Waals surface area (Å²) in [7, 11) is -4.91. The minimum atomic E-state index is -2.92. The SMILES string of the molecule is CC(C)(C)OC(=O)N1C(=O)C[C@@H](c2ccc(O[Si](C)(C)C(C)(C)C)cc2)C[C@H]1CO[Si](c1ccccc1)(c1ccccc1)C(C)(C)C. The summed E-state index contributed by atoms with van der Waals surface area (Å²) in [5.74, 6) is 0.536. The van der Waals surface area contributed by atoms with Crippen molar-refractivity contribution in [2.24, 2.45) is 0 Å². The highest BCUT2D eigenvalue weighted by Gasteiger charge is 2.51. The van der Waals surface area contributed by atoms with Crippen LogP contribution in [0.15, 0.2) is 84.9 Å². The minimum Gasteiger partial charge on any atom is -0.544 e. The predicted molar refractivity (Wildman–Crippen MR) is 197 cm³/mol. The molecule has 3 aromatic rings. The molecule has 0 unspecified atom stereocenters. The molecule has 1 aliphatic rings. The van der Waals surface area contributed by atoms with Crippen molar-refractivity contribution >= 4 is 39.0 Å². The number of nitrogens with zero attached hydrogens (tertiary/aromatic N) is 1. The van der Waals surface area contributed by atoms with Crippen molar-refractivity contribution < 1.29 is 23.2 Å². The van der Waals surface area contributed by atoms with Gasteiger partial charge >= 0.3 is 6.09 Å². The van der Waals surface area contributed by atoms with Gasteiger partial charge in [-0.15, -0.1) is 0 Å². The zero-order valence-corrected chi connectivity index (χ0v) is 32.3. The second-order valence-electron chi connectivity index (χ2n) is 16.4. The van der Waals surface area contributed by atoms with Crippen LogP contribution >= 0.6 is 0 Å². The smallest absolute Gasteiger partial charge is 0.417 e. The first-order valence-electron chi connectivity index (χ1n) is 16.8. The maximum absolute atomic E-state index is 13.9. The van der Waals surface area contributed by atoms with Gasteiger partial charge in [0.2, 0.25) is 14.2 Å². The van der Waals surface area contributed by atoms with E-state index in [0.29, 0.717) is 6.42 Å². The molecule has 2 amide bonds. The number of hydrogen-bond donors (Lipinski definition) is 0. The van der Waals surface area contributed by atoms with Crippen LogP contribution < -0.4 is 14.8 Å². The topological polar surface area (TPSA) is 65.1 Å². The van der Waals surface area contributed by atoms with Gasteiger partial charge in [0.05, 0.1) is 12.6 Å². The van der Waals surface area contributed by atoms with Gasteiger partial charge in [0.15, 0.2) is 0 Å². The first-order valence-corrected chi connectivity index (χ1v) is 21.7. The summed E-state index contributed by atoms with van der Waals surface area (Å²) in [5.41, 5.74) is 0.317. The Morgan fingerprint density at radius 1 is 0.766 bits per heavy atom. The molecular weight excluding hydrogens is 619 g/mol. The second-order valence-corrected chi connectivity index (χ2v) is 25.5. The summed E-state index contributed by atoms with van der Waals surface area (Å²) < 4.78 is 19.6. The third kappa shape index (κ3) is 8.27. The van der Waals surface area contributed by atoms with Crippen LogP contribution in [0.2, 0.25) is 23.2 Å². The zero-order chi connectivity index (χ0) is 34.8. The van der Waals surface area contributed by atoms with Crippen molar-refractivity contribution in [3.8, 4) is 5.75 Å². The molecule has 0 N–H and O–H groups in total. The number of likely N-dealkylation sites (tertiary alicyclic amines) is 1. The van der Waals surface area contributed by atoms with Gasteiger partial charge in [-0.2, -0.15) is 0 Å². The lowest BCUT2D eigenvalue weighted by Crippen LogP contribution is -2.67. The van der Waals surface area contributed by atoms with E-state index in [0.717, 1.165) is 21.7 Å². The maximum Gasteiger partial charge on any atom is 0.417 e. The van der Waals surface area contributed by atoms with Gasteiger partial charge in [-0.05, 0) is 84.4 Å². The molecule has 0 spiro atoms. The molecule has 1 aliphatic heterocycles. The third-order valence-electron chi connectivity index (χ3n) is 9.64. The van der Waals surface area contributed by atoms with E-state index in [2.05, 4.69) is 115 Å². The predicted octanol–water partition coefficient (Wildman–Crippen LogP) is 8.66. The molecule has 4 rings (SSSR count). The van der Waals surface area contributed by atoms with Crippen molar-refractivity contribution in [1.29, 1.82) is 0 Å². The highest BCUT2D eigenvalue weighted by atomic mass is 28.4. The summed E-state index contributed by atoms with van der Waals surface area (Å²) >= 11 is 0. The molecule has 1 heterocycles. The zero-order valence-electron chi connectivity index (χ0n) is 30.3. The number of amides is 2. The molecule has 8 heteroatoms. The summed E-state index contributed by atoms with van der Waals surface area (Å²) in [6, 6.07) is 28.6. The van der Waals surface area contributed by atoms with Gasteiger partial charge in [-0.1, -0.05) is 114 Å². The number of carbonyl (C=O) groups is 2. The van der Waals surface area contributed by atoms with E-state index in [-0.39, 0.29) is 34.9 Å². The molecule has 254 valence electrons. The Morgan fingerprint density at radius 3 is 1.72 bits per heavy atom. The lowest BCUT2D eigenvalue weighted by molar-refractivity contribution is -0.136. The maximum atomic E-state index is 13.9. The van der Waals surface area contributed by atoms with Crippen molar-refractivity contribution in [1.82, 2.24) is 4.90 Å². The molecule has 6 nitrogen and oxygen atoms in total. The van der Waals surface area contributed by atoms with Crippen LogP contribution in [0, 0.1) is 0 Å². The van der Waals surface area contributed by atoms with Crippen LogP contribution in [0.25, 0.3) is 0 Å². The van der Waals surface area contributed by atoms with Crippen LogP contribution in [-0.4, -0.2) is 51.8 Å². The largest absolute Gasteiger partial charge is 0.544 e. The van der Waals surface area contributed by atoms with Crippen LogP contribution in [0.4, 0.5) is 4.79 Å². The van der Waals surface area contributed by atoms with Crippen molar-refractivity contribution in [2.75, 3.05) is 6.61 Å². The molecule has 47 heavy (non-hydrogen) atoms. The highest BCUT2D eigenvalue weighted by molar-refractivity contribution is 6.99. The lowest BCUT2D eigenvalue weighted by atomic mass is 9.85. The van der Waals surface area contributed by atoms with Gasteiger partial charge in [0.25, 0.3) is 8.32 Å². The van der Waals surface area contributed by atoms with Gasteiger partial charge in [0.1, 0.15) is 11.4 Å². The van der Waals surface area contributed by atoms with E-state index in [9.17, 15) is 9.59 Å². The fourth-order valence-corrected chi connectivity index (χ4v) is 11.9. The average molecular weight is 674 g/mol. The molecule has 2 atom stereocenters. The first-order chi connectivity index (χ1) is 21.7. The Balaban J connectivity index is 1.70. The van der Waals surface area contributed by atoms with Gasteiger partial charge in [-0.3, -0.25) is 4.79 Å². The number of ether oxygens (including phenoxy) is 1. The average Bonchev–Trinajstić information content (AvgIpc) is 2.96. The molecular formula is C39H55NO5Si2. The first kappa shape index (κ1) is 36.6. The molecule has 0 bridgehead atoms. The Morgan fingerprint density at radius 2 is 1.28 bits per heavy atom. The number of benzene rings is 3. The van der Waals surface area contributed by atoms with Crippen LogP contribution in [0.5, 0.6) is 5.75 Å². The summed E-state index contributed by atoms with van der Waals surface area (Å²) in [5, 5.41) is 2.15. The van der Waals surface area contributed by atoms with Gasteiger partial charge in [0, 0.05) is 6.42 Å². The fraction of sp³-hybridized carbons (Fsp3) is 0.487. The van der Waals surface area contributed by atoms with E-state index in [4.69, 9.17) is 13.6 Å². The fourth-order valence-electron chi connectivity index (χ4n) is 6.23. The number of rotatable bonds is 8. The normalized spacial score (nSPS) is 18.2. The molecule has 0 saturated carbocycles. The molecule has 0 aromatic heterocycles. The summed E-state index contributed by atoms with van der Waals surface area (Å²) in [6.45, 7) is 23.5. The van der Waals surface area contributed by atoms with Crippen molar-refractivity contribution in [2.45, 2.75) is 116 Å². The molecule has 0 aliphatic carbocycles. The standard InChI is InChI=1S/C39H55NO5Si2/c1-37(2,3)44-36(42)40-31(26-30(27-35(40)41)29-22-24-32(25-23-29)45-46(10,11)38(4,5)6)28-43-47(39(7,8)9,33-18-14-12-15-19-33)34-20-16-13-17-21-34/h12-25,30-31H,26-28H2,1-11H3/t30-,31-/m0/s1. The Hall–Kier alpha value is -3.21. The molecule has 0 radical (unpaired) electrons. The Labute approximate surface area is 285 Å². The number of piperidine rings is 1. The van der Waals surface area contributed by atoms with E-state index in [1.165, 1.54) is 4.90 Å². The van der Waals surface area contributed by atoms with E-state index >= 15 is 0 Å². The quantitative estimate of drug-likeness (QED) is 0.224. The van der Waals surface area contributed by atoms with E-state index < -0.39 is 34.4 Å². The Bertz CT molecular complexity index is 1460. The van der Waals surface area contributed by atoms with Crippen LogP contribution in [0.1, 0.15) is 86.6 Å². The second kappa shape index (κ2) is 13.7. The minimum absolute atomic E-state index is 0.0733. The Kier molecular flexibility index (Phi) is 10.7. The lowest BCUT2D eigenvalue weighted by Gasteiger charge is -2.45. The molecule has 1 saturated heterocycles.